The molecule has 0 aromatic heterocycles. The summed E-state index contributed by atoms with van der Waals surface area (Å²) in [5.41, 5.74) is 0. The van der Waals surface area contributed by atoms with Crippen LogP contribution < -0.4 is 0 Å². The summed E-state index contributed by atoms with van der Waals surface area (Å²) in [4.78, 5) is 0.453. The SMILES string of the molecule is O=S(=O)(c1ccccc1)c1ccc(S(=O)(=O)c2ccccc2)cc1. The normalized spacial score (nSPS) is 12.0. The Kier molecular flexibility index (Phi) is 4.26. The van der Waals surface area contributed by atoms with Gasteiger partial charge in [-0.15, -0.1) is 0 Å². The van der Waals surface area contributed by atoms with E-state index >= 15 is 0 Å². The molecule has 0 saturated carbocycles. The molecule has 0 spiro atoms. The van der Waals surface area contributed by atoms with Crippen molar-refractivity contribution in [2.24, 2.45) is 0 Å². The first-order valence-corrected chi connectivity index (χ1v) is 10.1. The number of hydrogen-bond acceptors (Lipinski definition) is 4. The van der Waals surface area contributed by atoms with E-state index in [-0.39, 0.29) is 19.6 Å². The molecule has 0 amide bonds. The van der Waals surface area contributed by atoms with Crippen LogP contribution in [0.2, 0.25) is 0 Å². The van der Waals surface area contributed by atoms with Gasteiger partial charge in [0.25, 0.3) is 0 Å². The van der Waals surface area contributed by atoms with E-state index in [1.54, 1.807) is 36.4 Å². The van der Waals surface area contributed by atoms with Gasteiger partial charge in [-0.2, -0.15) is 0 Å². The summed E-state index contributed by atoms with van der Waals surface area (Å²) >= 11 is 0. The van der Waals surface area contributed by atoms with Gasteiger partial charge >= 0.3 is 0 Å². The lowest BCUT2D eigenvalue weighted by Gasteiger charge is -2.07. The van der Waals surface area contributed by atoms with Gasteiger partial charge in [-0.25, -0.2) is 16.8 Å². The van der Waals surface area contributed by atoms with Crippen molar-refractivity contribution in [2.45, 2.75) is 19.6 Å². The molecule has 0 radical (unpaired) electrons. The molecule has 0 unspecified atom stereocenters. The zero-order chi connectivity index (χ0) is 17.2. The highest BCUT2D eigenvalue weighted by Gasteiger charge is 2.20. The summed E-state index contributed by atoms with van der Waals surface area (Å²) in [7, 11) is -7.32. The van der Waals surface area contributed by atoms with Gasteiger partial charge in [0.15, 0.2) is 0 Å². The molecule has 3 aromatic rings. The monoisotopic (exact) mass is 358 g/mol. The lowest BCUT2D eigenvalue weighted by Crippen LogP contribution is -2.04. The number of hydrogen-bond donors (Lipinski definition) is 0. The van der Waals surface area contributed by atoms with Crippen molar-refractivity contribution in [3.05, 3.63) is 84.9 Å². The van der Waals surface area contributed by atoms with Crippen LogP contribution in [0.1, 0.15) is 0 Å². The molecule has 0 aliphatic heterocycles. The zero-order valence-electron chi connectivity index (χ0n) is 12.5. The molecule has 0 bridgehead atoms. The standard InChI is InChI=1S/C18H14O4S2/c19-23(20,15-7-3-1-4-8-15)17-11-13-18(14-12-17)24(21,22)16-9-5-2-6-10-16/h1-14H. The molecule has 122 valence electrons. The Balaban J connectivity index is 2.01. The summed E-state index contributed by atoms with van der Waals surface area (Å²) in [6.07, 6.45) is 0. The lowest BCUT2D eigenvalue weighted by molar-refractivity contribution is 0.592. The fourth-order valence-corrected chi connectivity index (χ4v) is 4.83. The van der Waals surface area contributed by atoms with Crippen molar-refractivity contribution in [1.82, 2.24) is 0 Å². The van der Waals surface area contributed by atoms with Gasteiger partial charge in [0.05, 0.1) is 19.6 Å². The Morgan fingerprint density at radius 3 is 0.917 bits per heavy atom. The first-order valence-electron chi connectivity index (χ1n) is 7.13. The molecule has 0 heterocycles. The Morgan fingerprint density at radius 2 is 0.625 bits per heavy atom. The summed E-state index contributed by atoms with van der Waals surface area (Å²) in [5, 5.41) is 0. The van der Waals surface area contributed by atoms with Gasteiger partial charge < -0.3 is 0 Å². The van der Waals surface area contributed by atoms with Crippen LogP contribution in [-0.2, 0) is 19.7 Å². The average Bonchev–Trinajstić information content (AvgIpc) is 2.63. The van der Waals surface area contributed by atoms with Crippen LogP contribution in [0, 0.1) is 0 Å². The van der Waals surface area contributed by atoms with Crippen LogP contribution in [0.4, 0.5) is 0 Å². The number of benzene rings is 3. The van der Waals surface area contributed by atoms with E-state index in [4.69, 9.17) is 0 Å². The minimum atomic E-state index is -3.66. The predicted molar refractivity (Wildman–Crippen MR) is 90.2 cm³/mol. The first-order chi connectivity index (χ1) is 11.4. The Labute approximate surface area is 141 Å². The maximum atomic E-state index is 12.5. The van der Waals surface area contributed by atoms with Gasteiger partial charge in [0.2, 0.25) is 19.7 Å². The van der Waals surface area contributed by atoms with Crippen LogP contribution >= 0.6 is 0 Å². The van der Waals surface area contributed by atoms with Crippen molar-refractivity contribution < 1.29 is 16.8 Å². The molecule has 0 saturated heterocycles. The second kappa shape index (κ2) is 6.22. The molecule has 0 atom stereocenters. The molecule has 0 aliphatic carbocycles. The molecular weight excluding hydrogens is 344 g/mol. The summed E-state index contributed by atoms with van der Waals surface area (Å²) < 4.78 is 50.1. The van der Waals surface area contributed by atoms with E-state index < -0.39 is 19.7 Å². The summed E-state index contributed by atoms with van der Waals surface area (Å²) in [5.74, 6) is 0. The largest absolute Gasteiger partial charge is 0.219 e. The molecular formula is C18H14O4S2. The molecule has 3 aromatic carbocycles. The third-order valence-corrected chi connectivity index (χ3v) is 7.12. The predicted octanol–water partition coefficient (Wildman–Crippen LogP) is 3.35. The third kappa shape index (κ3) is 2.98. The topological polar surface area (TPSA) is 68.3 Å². The van der Waals surface area contributed by atoms with E-state index in [0.717, 1.165) is 0 Å². The minimum absolute atomic E-state index is 0.0562. The van der Waals surface area contributed by atoms with Crippen molar-refractivity contribution in [1.29, 1.82) is 0 Å². The molecule has 4 nitrogen and oxygen atoms in total. The van der Waals surface area contributed by atoms with Gasteiger partial charge in [0.1, 0.15) is 0 Å². The summed E-state index contributed by atoms with van der Waals surface area (Å²) in [6, 6.07) is 21.3. The van der Waals surface area contributed by atoms with Crippen LogP contribution in [0.15, 0.2) is 105 Å². The van der Waals surface area contributed by atoms with Crippen LogP contribution in [-0.4, -0.2) is 16.8 Å². The van der Waals surface area contributed by atoms with Crippen molar-refractivity contribution in [2.75, 3.05) is 0 Å². The maximum absolute atomic E-state index is 12.5. The molecule has 0 aliphatic rings. The molecule has 0 fully saturated rings. The number of rotatable bonds is 4. The van der Waals surface area contributed by atoms with Crippen molar-refractivity contribution in [3.8, 4) is 0 Å². The van der Waals surface area contributed by atoms with Gasteiger partial charge in [-0.05, 0) is 48.5 Å². The van der Waals surface area contributed by atoms with Crippen molar-refractivity contribution in [3.63, 3.8) is 0 Å². The lowest BCUT2D eigenvalue weighted by atomic mass is 10.4. The minimum Gasteiger partial charge on any atom is -0.219 e. The van der Waals surface area contributed by atoms with E-state index in [0.29, 0.717) is 0 Å². The fraction of sp³-hybridized carbons (Fsp3) is 0. The molecule has 0 N–H and O–H groups in total. The second-order valence-corrected chi connectivity index (χ2v) is 9.00. The maximum Gasteiger partial charge on any atom is 0.206 e. The van der Waals surface area contributed by atoms with Crippen molar-refractivity contribution >= 4 is 19.7 Å². The van der Waals surface area contributed by atoms with Crippen LogP contribution in [0.25, 0.3) is 0 Å². The van der Waals surface area contributed by atoms with Gasteiger partial charge in [-0.1, -0.05) is 36.4 Å². The molecule has 3 rings (SSSR count). The Bertz CT molecular complexity index is 951. The second-order valence-electron chi connectivity index (χ2n) is 5.10. The van der Waals surface area contributed by atoms with E-state index in [1.165, 1.54) is 48.5 Å². The van der Waals surface area contributed by atoms with Crippen LogP contribution in [0.5, 0.6) is 0 Å². The molecule has 6 heteroatoms. The quantitative estimate of drug-likeness (QED) is 0.717. The van der Waals surface area contributed by atoms with E-state index in [1.807, 2.05) is 0 Å². The van der Waals surface area contributed by atoms with E-state index in [2.05, 4.69) is 0 Å². The molecule has 24 heavy (non-hydrogen) atoms. The third-order valence-electron chi connectivity index (χ3n) is 3.55. The van der Waals surface area contributed by atoms with Gasteiger partial charge in [0, 0.05) is 0 Å². The first kappa shape index (κ1) is 16.4. The Hall–Kier alpha value is -2.44. The smallest absolute Gasteiger partial charge is 0.206 e. The fourth-order valence-electron chi connectivity index (χ4n) is 2.27. The average molecular weight is 358 g/mol. The van der Waals surface area contributed by atoms with Gasteiger partial charge in [-0.3, -0.25) is 0 Å². The Morgan fingerprint density at radius 1 is 0.375 bits per heavy atom. The summed E-state index contributed by atoms with van der Waals surface area (Å²) in [6.45, 7) is 0. The van der Waals surface area contributed by atoms with E-state index in [9.17, 15) is 16.8 Å². The van der Waals surface area contributed by atoms with Crippen LogP contribution in [0.3, 0.4) is 0 Å². The zero-order valence-corrected chi connectivity index (χ0v) is 14.2. The highest BCUT2D eigenvalue weighted by atomic mass is 32.2. The highest BCUT2D eigenvalue weighted by Crippen LogP contribution is 2.25. The number of sulfone groups is 2. The highest BCUT2D eigenvalue weighted by molar-refractivity contribution is 7.92.